The number of hydrogen-bond acceptors (Lipinski definition) is 3. The lowest BCUT2D eigenvalue weighted by atomic mass is 10.1. The number of hydrogen-bond donors (Lipinski definition) is 1. The molecule has 1 unspecified atom stereocenters. The van der Waals surface area contributed by atoms with E-state index in [0.717, 1.165) is 22.8 Å². The third-order valence-corrected chi connectivity index (χ3v) is 4.60. The van der Waals surface area contributed by atoms with Crippen molar-refractivity contribution in [3.63, 3.8) is 0 Å². The smallest absolute Gasteiger partial charge is 0.134 e. The summed E-state index contributed by atoms with van der Waals surface area (Å²) in [5.41, 5.74) is 1.17. The van der Waals surface area contributed by atoms with Gasteiger partial charge >= 0.3 is 0 Å². The Morgan fingerprint density at radius 2 is 2.18 bits per heavy atom. The van der Waals surface area contributed by atoms with Gasteiger partial charge in [-0.2, -0.15) is 11.8 Å². The van der Waals surface area contributed by atoms with Crippen LogP contribution in [0.25, 0.3) is 11.0 Å². The first-order chi connectivity index (χ1) is 8.14. The number of nitrogens with one attached hydrogen (secondary N) is 1. The van der Waals surface area contributed by atoms with Crippen LogP contribution in [0.5, 0.6) is 0 Å². The topological polar surface area (TPSA) is 25.2 Å². The minimum atomic E-state index is 0.187. The van der Waals surface area contributed by atoms with Gasteiger partial charge in [-0.15, -0.1) is 0 Å². The number of fused-ring (bicyclic) bond motifs is 1. The van der Waals surface area contributed by atoms with Crippen LogP contribution in [0, 0.1) is 0 Å². The molecule has 2 nitrogen and oxygen atoms in total. The molecule has 1 saturated heterocycles. The van der Waals surface area contributed by atoms with E-state index in [1.807, 2.05) is 23.9 Å². The lowest BCUT2D eigenvalue weighted by Crippen LogP contribution is -2.48. The van der Waals surface area contributed by atoms with Crippen LogP contribution in [0.15, 0.2) is 34.7 Å². The van der Waals surface area contributed by atoms with Crippen molar-refractivity contribution in [2.75, 3.05) is 11.5 Å². The van der Waals surface area contributed by atoms with E-state index in [2.05, 4.69) is 37.4 Å². The van der Waals surface area contributed by atoms with E-state index in [1.165, 1.54) is 5.39 Å². The highest BCUT2D eigenvalue weighted by atomic mass is 32.2. The fourth-order valence-electron chi connectivity index (χ4n) is 2.31. The first-order valence-electron chi connectivity index (χ1n) is 5.98. The average Bonchev–Trinajstić information content (AvgIpc) is 2.71. The number of furan rings is 1. The van der Waals surface area contributed by atoms with Crippen LogP contribution in [0.1, 0.15) is 25.6 Å². The second-order valence-corrected chi connectivity index (χ2v) is 6.31. The predicted molar refractivity (Wildman–Crippen MR) is 73.5 cm³/mol. The Balaban J connectivity index is 1.93. The Bertz CT molecular complexity index is 499. The van der Waals surface area contributed by atoms with Gasteiger partial charge in [-0.1, -0.05) is 18.2 Å². The summed E-state index contributed by atoms with van der Waals surface area (Å²) in [6, 6.07) is 10.7. The molecule has 3 rings (SSSR count). The lowest BCUT2D eigenvalue weighted by Gasteiger charge is -2.35. The second-order valence-electron chi connectivity index (χ2n) is 5.28. The second kappa shape index (κ2) is 4.07. The molecule has 1 aromatic carbocycles. The van der Waals surface area contributed by atoms with Crippen molar-refractivity contribution in [3.8, 4) is 0 Å². The summed E-state index contributed by atoms with van der Waals surface area (Å²) in [5, 5.41) is 4.85. The molecule has 1 aromatic heterocycles. The summed E-state index contributed by atoms with van der Waals surface area (Å²) < 4.78 is 5.93. The van der Waals surface area contributed by atoms with Crippen molar-refractivity contribution in [2.45, 2.75) is 25.4 Å². The molecule has 1 N–H and O–H groups in total. The molecule has 2 heterocycles. The molecule has 0 saturated carbocycles. The SMILES string of the molecule is CC1(C)CSCC(c2cc3ccccc3o2)N1. The van der Waals surface area contributed by atoms with Gasteiger partial charge in [0.25, 0.3) is 0 Å². The van der Waals surface area contributed by atoms with Crippen LogP contribution in [0.2, 0.25) is 0 Å². The van der Waals surface area contributed by atoms with Gasteiger partial charge in [-0.3, -0.25) is 0 Å². The maximum atomic E-state index is 5.93. The molecule has 0 bridgehead atoms. The number of para-hydroxylation sites is 1. The van der Waals surface area contributed by atoms with Crippen LogP contribution in [-0.2, 0) is 0 Å². The fraction of sp³-hybridized carbons (Fsp3) is 0.429. The minimum Gasteiger partial charge on any atom is -0.459 e. The molecular weight excluding hydrogens is 230 g/mol. The molecule has 90 valence electrons. The zero-order valence-electron chi connectivity index (χ0n) is 10.2. The molecule has 1 fully saturated rings. The van der Waals surface area contributed by atoms with Gasteiger partial charge in [-0.25, -0.2) is 0 Å². The highest BCUT2D eigenvalue weighted by Gasteiger charge is 2.29. The molecule has 0 aliphatic carbocycles. The van der Waals surface area contributed by atoms with Crippen LogP contribution in [-0.4, -0.2) is 17.0 Å². The summed E-state index contributed by atoms with van der Waals surface area (Å²) in [6.07, 6.45) is 0. The molecular formula is C14H17NOS. The van der Waals surface area contributed by atoms with Crippen molar-refractivity contribution < 1.29 is 4.42 Å². The van der Waals surface area contributed by atoms with Crippen LogP contribution >= 0.6 is 11.8 Å². The van der Waals surface area contributed by atoms with Gasteiger partial charge in [0.05, 0.1) is 6.04 Å². The minimum absolute atomic E-state index is 0.187. The summed E-state index contributed by atoms with van der Waals surface area (Å²) in [7, 11) is 0. The molecule has 1 aliphatic heterocycles. The van der Waals surface area contributed by atoms with Crippen molar-refractivity contribution in [2.24, 2.45) is 0 Å². The summed E-state index contributed by atoms with van der Waals surface area (Å²) in [6.45, 7) is 4.49. The van der Waals surface area contributed by atoms with E-state index in [9.17, 15) is 0 Å². The van der Waals surface area contributed by atoms with E-state index < -0.39 is 0 Å². The van der Waals surface area contributed by atoms with E-state index in [-0.39, 0.29) is 5.54 Å². The lowest BCUT2D eigenvalue weighted by molar-refractivity contribution is 0.342. The van der Waals surface area contributed by atoms with E-state index in [1.54, 1.807) is 0 Å². The first-order valence-corrected chi connectivity index (χ1v) is 7.13. The van der Waals surface area contributed by atoms with E-state index in [4.69, 9.17) is 4.42 Å². The summed E-state index contributed by atoms with van der Waals surface area (Å²) >= 11 is 1.99. The van der Waals surface area contributed by atoms with Crippen LogP contribution < -0.4 is 5.32 Å². The Kier molecular flexibility index (Phi) is 2.68. The molecule has 0 radical (unpaired) electrons. The Labute approximate surface area is 106 Å². The van der Waals surface area contributed by atoms with Crippen molar-refractivity contribution in [1.29, 1.82) is 0 Å². The molecule has 2 aromatic rings. The van der Waals surface area contributed by atoms with Crippen molar-refractivity contribution in [1.82, 2.24) is 5.32 Å². The van der Waals surface area contributed by atoms with Crippen molar-refractivity contribution in [3.05, 3.63) is 36.1 Å². The maximum absolute atomic E-state index is 5.93. The van der Waals surface area contributed by atoms with Gasteiger partial charge in [-0.05, 0) is 26.0 Å². The highest BCUT2D eigenvalue weighted by Crippen LogP contribution is 2.32. The predicted octanol–water partition coefficient (Wildman–Crippen LogP) is 3.59. The van der Waals surface area contributed by atoms with Gasteiger partial charge < -0.3 is 9.73 Å². The van der Waals surface area contributed by atoms with E-state index in [0.29, 0.717) is 6.04 Å². The zero-order valence-corrected chi connectivity index (χ0v) is 11.0. The van der Waals surface area contributed by atoms with Gasteiger partial charge in [0.15, 0.2) is 0 Å². The highest BCUT2D eigenvalue weighted by molar-refractivity contribution is 7.99. The molecule has 17 heavy (non-hydrogen) atoms. The monoisotopic (exact) mass is 247 g/mol. The Morgan fingerprint density at radius 3 is 2.94 bits per heavy atom. The van der Waals surface area contributed by atoms with Crippen LogP contribution in [0.4, 0.5) is 0 Å². The zero-order chi connectivity index (χ0) is 11.9. The van der Waals surface area contributed by atoms with Crippen molar-refractivity contribution >= 4 is 22.7 Å². The first kappa shape index (κ1) is 11.2. The molecule has 0 amide bonds. The largest absolute Gasteiger partial charge is 0.459 e. The van der Waals surface area contributed by atoms with Gasteiger partial charge in [0.2, 0.25) is 0 Å². The standard InChI is InChI=1S/C14H17NOS/c1-14(2)9-17-8-11(15-14)13-7-10-5-3-4-6-12(10)16-13/h3-7,11,15H,8-9H2,1-2H3. The molecule has 0 spiro atoms. The Hall–Kier alpha value is -0.930. The quantitative estimate of drug-likeness (QED) is 0.833. The number of thioether (sulfide) groups is 1. The average molecular weight is 247 g/mol. The number of benzene rings is 1. The third kappa shape index (κ3) is 2.22. The maximum Gasteiger partial charge on any atom is 0.134 e. The van der Waals surface area contributed by atoms with Gasteiger partial charge in [0, 0.05) is 22.4 Å². The Morgan fingerprint density at radius 1 is 1.35 bits per heavy atom. The van der Waals surface area contributed by atoms with E-state index >= 15 is 0 Å². The molecule has 1 aliphatic rings. The third-order valence-electron chi connectivity index (χ3n) is 3.10. The van der Waals surface area contributed by atoms with Crippen LogP contribution in [0.3, 0.4) is 0 Å². The summed E-state index contributed by atoms with van der Waals surface area (Å²) in [4.78, 5) is 0. The molecule has 1 atom stereocenters. The van der Waals surface area contributed by atoms with Gasteiger partial charge in [0.1, 0.15) is 11.3 Å². The normalized spacial score (nSPS) is 24.0. The number of rotatable bonds is 1. The molecule has 3 heteroatoms. The summed E-state index contributed by atoms with van der Waals surface area (Å²) in [5.74, 6) is 3.30. The fourth-order valence-corrected chi connectivity index (χ4v) is 3.51.